The average molecular weight is 394 g/mol. The Bertz CT molecular complexity index is 801. The molecule has 0 aliphatic carbocycles. The summed E-state index contributed by atoms with van der Waals surface area (Å²) in [6, 6.07) is 16.7. The smallest absolute Gasteiger partial charge is 0.224 e. The van der Waals surface area contributed by atoms with Gasteiger partial charge in [-0.05, 0) is 68.1 Å². The van der Waals surface area contributed by atoms with E-state index in [-0.39, 0.29) is 5.91 Å². The highest BCUT2D eigenvalue weighted by atomic mass is 16.5. The first kappa shape index (κ1) is 19.8. The van der Waals surface area contributed by atoms with Crippen molar-refractivity contribution in [3.63, 3.8) is 0 Å². The monoisotopic (exact) mass is 393 g/mol. The second-order valence-electron chi connectivity index (χ2n) is 7.94. The van der Waals surface area contributed by atoms with E-state index >= 15 is 0 Å². The molecule has 0 bridgehead atoms. The van der Waals surface area contributed by atoms with Gasteiger partial charge < -0.3 is 15.0 Å². The largest absolute Gasteiger partial charge is 0.494 e. The van der Waals surface area contributed by atoms with Gasteiger partial charge in [0.05, 0.1) is 6.61 Å². The lowest BCUT2D eigenvalue weighted by Gasteiger charge is -2.36. The number of ether oxygens (including phenoxy) is 1. The number of hydrogen-bond acceptors (Lipinski definition) is 4. The Hall–Kier alpha value is -2.53. The fraction of sp³-hybridized carbons (Fsp3) is 0.458. The maximum absolute atomic E-state index is 11.4. The molecule has 5 nitrogen and oxygen atoms in total. The van der Waals surface area contributed by atoms with Gasteiger partial charge in [-0.3, -0.25) is 9.69 Å². The molecule has 29 heavy (non-hydrogen) atoms. The highest BCUT2D eigenvalue weighted by molar-refractivity contribution is 5.93. The molecule has 1 saturated heterocycles. The number of fused-ring (bicyclic) bond motifs is 1. The van der Waals surface area contributed by atoms with Crippen LogP contribution in [0, 0.1) is 0 Å². The van der Waals surface area contributed by atoms with Crippen LogP contribution in [0.2, 0.25) is 0 Å². The van der Waals surface area contributed by atoms with Gasteiger partial charge in [0.1, 0.15) is 5.75 Å². The van der Waals surface area contributed by atoms with Gasteiger partial charge in [-0.1, -0.05) is 18.2 Å². The van der Waals surface area contributed by atoms with Gasteiger partial charge in [0.15, 0.2) is 0 Å². The van der Waals surface area contributed by atoms with E-state index in [0.29, 0.717) is 6.42 Å². The van der Waals surface area contributed by atoms with Crippen molar-refractivity contribution in [3.8, 4) is 5.75 Å². The predicted octanol–water partition coefficient (Wildman–Crippen LogP) is 3.94. The fourth-order valence-electron chi connectivity index (χ4n) is 4.12. The SMILES string of the molecule is O=C1CCc2cc(OCCCCCN3CCN(c4ccccc4)CC3)ccc2N1. The summed E-state index contributed by atoms with van der Waals surface area (Å²) < 4.78 is 5.92. The molecule has 2 aromatic rings. The van der Waals surface area contributed by atoms with Gasteiger partial charge in [0, 0.05) is 44.0 Å². The van der Waals surface area contributed by atoms with Crippen molar-refractivity contribution in [2.75, 3.05) is 49.5 Å². The topological polar surface area (TPSA) is 44.8 Å². The Balaban J connectivity index is 1.09. The van der Waals surface area contributed by atoms with E-state index in [2.05, 4.69) is 51.5 Å². The molecule has 4 rings (SSSR count). The number of para-hydroxylation sites is 1. The quantitative estimate of drug-likeness (QED) is 0.690. The first-order valence-corrected chi connectivity index (χ1v) is 10.9. The number of benzene rings is 2. The van der Waals surface area contributed by atoms with Gasteiger partial charge in [-0.25, -0.2) is 0 Å². The third-order valence-electron chi connectivity index (χ3n) is 5.85. The minimum Gasteiger partial charge on any atom is -0.494 e. The number of piperazine rings is 1. The number of nitrogens with zero attached hydrogens (tertiary/aromatic N) is 2. The molecule has 0 spiro atoms. The predicted molar refractivity (Wildman–Crippen MR) is 118 cm³/mol. The molecule has 0 atom stereocenters. The Labute approximate surface area is 173 Å². The molecule has 1 N–H and O–H groups in total. The highest BCUT2D eigenvalue weighted by Gasteiger charge is 2.17. The molecule has 2 aromatic carbocycles. The van der Waals surface area contributed by atoms with Gasteiger partial charge in [-0.2, -0.15) is 0 Å². The summed E-state index contributed by atoms with van der Waals surface area (Å²) in [6.45, 7) is 6.47. The van der Waals surface area contributed by atoms with E-state index in [1.165, 1.54) is 30.6 Å². The van der Waals surface area contributed by atoms with Crippen molar-refractivity contribution in [2.24, 2.45) is 0 Å². The van der Waals surface area contributed by atoms with Crippen molar-refractivity contribution < 1.29 is 9.53 Å². The molecule has 1 fully saturated rings. The number of unbranched alkanes of at least 4 members (excludes halogenated alkanes) is 2. The third-order valence-corrected chi connectivity index (χ3v) is 5.85. The van der Waals surface area contributed by atoms with E-state index in [0.717, 1.165) is 57.1 Å². The summed E-state index contributed by atoms with van der Waals surface area (Å²) in [5.74, 6) is 1.02. The van der Waals surface area contributed by atoms with Crippen LogP contribution in [0.4, 0.5) is 11.4 Å². The number of rotatable bonds is 8. The van der Waals surface area contributed by atoms with Gasteiger partial charge >= 0.3 is 0 Å². The van der Waals surface area contributed by atoms with Crippen LogP contribution in [0.5, 0.6) is 5.75 Å². The molecular formula is C24H31N3O2. The normalized spacial score (nSPS) is 17.0. The molecular weight excluding hydrogens is 362 g/mol. The van der Waals surface area contributed by atoms with Crippen molar-refractivity contribution in [1.29, 1.82) is 0 Å². The van der Waals surface area contributed by atoms with Gasteiger partial charge in [0.2, 0.25) is 5.91 Å². The molecule has 1 amide bonds. The summed E-state index contributed by atoms with van der Waals surface area (Å²) in [5, 5.41) is 2.91. The molecule has 2 heterocycles. The Morgan fingerprint density at radius 2 is 1.72 bits per heavy atom. The minimum absolute atomic E-state index is 0.104. The Morgan fingerprint density at radius 1 is 0.897 bits per heavy atom. The summed E-state index contributed by atoms with van der Waals surface area (Å²) in [6.07, 6.45) is 4.87. The van der Waals surface area contributed by atoms with E-state index in [1.807, 2.05) is 12.1 Å². The van der Waals surface area contributed by atoms with Crippen molar-refractivity contribution in [3.05, 3.63) is 54.1 Å². The van der Waals surface area contributed by atoms with E-state index in [4.69, 9.17) is 4.74 Å². The second-order valence-corrected chi connectivity index (χ2v) is 7.94. The first-order valence-electron chi connectivity index (χ1n) is 10.9. The average Bonchev–Trinajstić information content (AvgIpc) is 2.77. The van der Waals surface area contributed by atoms with E-state index in [1.54, 1.807) is 0 Å². The lowest BCUT2D eigenvalue weighted by Crippen LogP contribution is -2.46. The minimum atomic E-state index is 0.104. The van der Waals surface area contributed by atoms with Crippen molar-refractivity contribution >= 4 is 17.3 Å². The first-order chi connectivity index (χ1) is 14.3. The Morgan fingerprint density at radius 3 is 2.55 bits per heavy atom. The van der Waals surface area contributed by atoms with Crippen LogP contribution in [0.25, 0.3) is 0 Å². The number of carbonyl (C=O) groups excluding carboxylic acids is 1. The molecule has 2 aliphatic rings. The van der Waals surface area contributed by atoms with Crippen LogP contribution in [-0.4, -0.2) is 50.1 Å². The zero-order valence-corrected chi connectivity index (χ0v) is 17.1. The number of aryl methyl sites for hydroxylation is 1. The Kier molecular flexibility index (Phi) is 6.67. The zero-order valence-electron chi connectivity index (χ0n) is 17.1. The van der Waals surface area contributed by atoms with Crippen LogP contribution in [0.15, 0.2) is 48.5 Å². The number of nitrogens with one attached hydrogen (secondary N) is 1. The lowest BCUT2D eigenvalue weighted by atomic mass is 10.0. The second kappa shape index (κ2) is 9.79. The van der Waals surface area contributed by atoms with Crippen LogP contribution in [0.3, 0.4) is 0 Å². The summed E-state index contributed by atoms with van der Waals surface area (Å²) >= 11 is 0. The molecule has 0 radical (unpaired) electrons. The zero-order chi connectivity index (χ0) is 19.9. The van der Waals surface area contributed by atoms with Crippen LogP contribution in [-0.2, 0) is 11.2 Å². The molecule has 0 saturated carbocycles. The molecule has 5 heteroatoms. The maximum Gasteiger partial charge on any atom is 0.224 e. The fourth-order valence-corrected chi connectivity index (χ4v) is 4.12. The van der Waals surface area contributed by atoms with E-state index in [9.17, 15) is 4.79 Å². The van der Waals surface area contributed by atoms with Gasteiger partial charge in [-0.15, -0.1) is 0 Å². The maximum atomic E-state index is 11.4. The summed E-state index contributed by atoms with van der Waals surface area (Å²) in [5.41, 5.74) is 3.45. The molecule has 0 unspecified atom stereocenters. The molecule has 2 aliphatic heterocycles. The number of amides is 1. The number of hydrogen-bond donors (Lipinski definition) is 1. The summed E-state index contributed by atoms with van der Waals surface area (Å²) in [7, 11) is 0. The lowest BCUT2D eigenvalue weighted by molar-refractivity contribution is -0.116. The third kappa shape index (κ3) is 5.51. The summed E-state index contributed by atoms with van der Waals surface area (Å²) in [4.78, 5) is 16.5. The highest BCUT2D eigenvalue weighted by Crippen LogP contribution is 2.27. The number of anilines is 2. The molecule has 154 valence electrons. The van der Waals surface area contributed by atoms with Crippen molar-refractivity contribution in [2.45, 2.75) is 32.1 Å². The molecule has 0 aromatic heterocycles. The van der Waals surface area contributed by atoms with Crippen molar-refractivity contribution in [1.82, 2.24) is 4.90 Å². The van der Waals surface area contributed by atoms with Crippen LogP contribution < -0.4 is 15.0 Å². The van der Waals surface area contributed by atoms with Crippen LogP contribution >= 0.6 is 0 Å². The standard InChI is InChI=1S/C24H31N3O2/c28-24-12-9-20-19-22(10-11-23(20)25-24)29-18-6-2-5-13-26-14-16-27(17-15-26)21-7-3-1-4-8-21/h1,3-4,7-8,10-11,19H,2,5-6,9,12-18H2,(H,25,28). The van der Waals surface area contributed by atoms with Gasteiger partial charge in [0.25, 0.3) is 0 Å². The van der Waals surface area contributed by atoms with Crippen LogP contribution in [0.1, 0.15) is 31.2 Å². The number of carbonyl (C=O) groups is 1. The van der Waals surface area contributed by atoms with E-state index < -0.39 is 0 Å².